The lowest BCUT2D eigenvalue weighted by Crippen LogP contribution is -2.16. The Labute approximate surface area is 165 Å². The molecule has 0 bridgehead atoms. The van der Waals surface area contributed by atoms with Gasteiger partial charge >= 0.3 is 5.97 Å². The Morgan fingerprint density at radius 1 is 1.00 bits per heavy atom. The molecule has 0 atom stereocenters. The number of halogens is 1. The quantitative estimate of drug-likeness (QED) is 0.450. The molecular weight excluding hydrogens is 410 g/mol. The van der Waals surface area contributed by atoms with Crippen molar-refractivity contribution in [3.63, 3.8) is 0 Å². The number of benzene rings is 3. The second-order valence-electron chi connectivity index (χ2n) is 5.82. The maximum atomic E-state index is 12.9. The Bertz CT molecular complexity index is 1020. The number of ether oxygens (including phenoxy) is 2. The number of methoxy groups -OCH3 is 1. The number of anilines is 1. The molecule has 1 N–H and O–H groups in total. The molecule has 3 rings (SSSR count). The SMILES string of the molecule is CCC(=O)Oc1cc2ccc(Br)cc2cc1C(=O)Nc1ccccc1OC. The summed E-state index contributed by atoms with van der Waals surface area (Å²) in [6.07, 6.45) is 0.214. The Morgan fingerprint density at radius 3 is 2.52 bits per heavy atom. The number of para-hydroxylation sites is 2. The molecule has 0 spiro atoms. The van der Waals surface area contributed by atoms with Crippen LogP contribution in [0, 0.1) is 0 Å². The van der Waals surface area contributed by atoms with Crippen molar-refractivity contribution in [1.82, 2.24) is 0 Å². The van der Waals surface area contributed by atoms with E-state index in [1.807, 2.05) is 24.3 Å². The summed E-state index contributed by atoms with van der Waals surface area (Å²) < 4.78 is 11.6. The highest BCUT2D eigenvalue weighted by Gasteiger charge is 2.18. The van der Waals surface area contributed by atoms with E-state index in [1.54, 1.807) is 37.3 Å². The summed E-state index contributed by atoms with van der Waals surface area (Å²) in [6.45, 7) is 1.70. The number of rotatable bonds is 5. The predicted molar refractivity (Wildman–Crippen MR) is 109 cm³/mol. The molecule has 0 aliphatic rings. The zero-order valence-electron chi connectivity index (χ0n) is 14.9. The van der Waals surface area contributed by atoms with Crippen molar-refractivity contribution in [3.05, 3.63) is 64.6 Å². The molecule has 6 heteroatoms. The molecule has 1 amide bonds. The van der Waals surface area contributed by atoms with Crippen molar-refractivity contribution in [2.24, 2.45) is 0 Å². The van der Waals surface area contributed by atoms with E-state index >= 15 is 0 Å². The third kappa shape index (κ3) is 4.28. The standard InChI is InChI=1S/C21H18BrNO4/c1-3-20(24)27-19-12-13-8-9-15(22)10-14(13)11-16(19)21(25)23-17-6-4-5-7-18(17)26-2/h4-12H,3H2,1-2H3,(H,23,25). The monoisotopic (exact) mass is 427 g/mol. The molecule has 5 nitrogen and oxygen atoms in total. The van der Waals surface area contributed by atoms with Gasteiger partial charge in [-0.1, -0.05) is 41.1 Å². The molecular formula is C21H18BrNO4. The summed E-state index contributed by atoms with van der Waals surface area (Å²) in [6, 6.07) is 16.2. The largest absolute Gasteiger partial charge is 0.495 e. The van der Waals surface area contributed by atoms with E-state index in [4.69, 9.17) is 9.47 Å². The smallest absolute Gasteiger partial charge is 0.310 e. The molecule has 3 aromatic rings. The third-order valence-corrected chi connectivity index (χ3v) is 4.51. The van der Waals surface area contributed by atoms with Gasteiger partial charge in [0, 0.05) is 10.9 Å². The molecule has 0 saturated carbocycles. The molecule has 0 aliphatic carbocycles. The molecule has 0 heterocycles. The molecule has 0 saturated heterocycles. The molecule has 0 aliphatic heterocycles. The van der Waals surface area contributed by atoms with Crippen LogP contribution in [0.1, 0.15) is 23.7 Å². The number of amides is 1. The van der Waals surface area contributed by atoms with Gasteiger partial charge in [0.25, 0.3) is 5.91 Å². The molecule has 0 unspecified atom stereocenters. The fourth-order valence-corrected chi connectivity index (χ4v) is 3.02. The van der Waals surface area contributed by atoms with Crippen LogP contribution in [0.3, 0.4) is 0 Å². The number of esters is 1. The average molecular weight is 428 g/mol. The molecule has 0 aromatic heterocycles. The van der Waals surface area contributed by atoms with Crippen LogP contribution in [0.5, 0.6) is 11.5 Å². The first-order valence-corrected chi connectivity index (χ1v) is 9.19. The van der Waals surface area contributed by atoms with E-state index in [1.165, 1.54) is 7.11 Å². The molecule has 0 fully saturated rings. The number of hydrogen-bond donors (Lipinski definition) is 1. The lowest BCUT2D eigenvalue weighted by Gasteiger charge is -2.14. The summed E-state index contributed by atoms with van der Waals surface area (Å²) in [5.41, 5.74) is 0.806. The number of carbonyl (C=O) groups is 2. The summed E-state index contributed by atoms with van der Waals surface area (Å²) in [4.78, 5) is 24.8. The second-order valence-corrected chi connectivity index (χ2v) is 6.74. The van der Waals surface area contributed by atoms with Gasteiger partial charge in [0.05, 0.1) is 18.4 Å². The van der Waals surface area contributed by atoms with Crippen molar-refractivity contribution >= 4 is 44.3 Å². The highest BCUT2D eigenvalue weighted by atomic mass is 79.9. The van der Waals surface area contributed by atoms with Gasteiger partial charge in [0.1, 0.15) is 11.5 Å². The summed E-state index contributed by atoms with van der Waals surface area (Å²) in [7, 11) is 1.53. The highest BCUT2D eigenvalue weighted by molar-refractivity contribution is 9.10. The van der Waals surface area contributed by atoms with Crippen molar-refractivity contribution in [2.75, 3.05) is 12.4 Å². The van der Waals surface area contributed by atoms with Crippen LogP contribution < -0.4 is 14.8 Å². The van der Waals surface area contributed by atoms with Crippen LogP contribution in [0.25, 0.3) is 10.8 Å². The fourth-order valence-electron chi connectivity index (χ4n) is 2.64. The summed E-state index contributed by atoms with van der Waals surface area (Å²) in [5, 5.41) is 4.54. The average Bonchev–Trinajstić information content (AvgIpc) is 2.67. The second kappa shape index (κ2) is 8.22. The van der Waals surface area contributed by atoms with Crippen molar-refractivity contribution < 1.29 is 19.1 Å². The Kier molecular flexibility index (Phi) is 5.76. The van der Waals surface area contributed by atoms with Gasteiger partial charge in [-0.2, -0.15) is 0 Å². The topological polar surface area (TPSA) is 64.6 Å². The number of hydrogen-bond acceptors (Lipinski definition) is 4. The van der Waals surface area contributed by atoms with Crippen molar-refractivity contribution in [1.29, 1.82) is 0 Å². The number of nitrogens with one attached hydrogen (secondary N) is 1. The first-order valence-electron chi connectivity index (χ1n) is 8.40. The fraction of sp³-hybridized carbons (Fsp3) is 0.143. The lowest BCUT2D eigenvalue weighted by atomic mass is 10.0. The highest BCUT2D eigenvalue weighted by Crippen LogP contribution is 2.30. The van der Waals surface area contributed by atoms with Gasteiger partial charge in [-0.25, -0.2) is 0 Å². The van der Waals surface area contributed by atoms with Crippen molar-refractivity contribution in [3.8, 4) is 11.5 Å². The van der Waals surface area contributed by atoms with Gasteiger partial charge in [-0.05, 0) is 47.2 Å². The van der Waals surface area contributed by atoms with E-state index in [-0.39, 0.29) is 23.6 Å². The maximum absolute atomic E-state index is 12.9. The first kappa shape index (κ1) is 18.9. The van der Waals surface area contributed by atoms with Crippen LogP contribution in [-0.4, -0.2) is 19.0 Å². The van der Waals surface area contributed by atoms with Crippen LogP contribution in [0.4, 0.5) is 5.69 Å². The first-order chi connectivity index (χ1) is 13.0. The normalized spacial score (nSPS) is 10.5. The molecule has 138 valence electrons. The third-order valence-electron chi connectivity index (χ3n) is 4.01. The number of carbonyl (C=O) groups excluding carboxylic acids is 2. The minimum absolute atomic E-state index is 0.214. The van der Waals surface area contributed by atoms with Crippen LogP contribution in [-0.2, 0) is 4.79 Å². The predicted octanol–water partition coefficient (Wildman–Crippen LogP) is 5.18. The van der Waals surface area contributed by atoms with Crippen LogP contribution in [0.15, 0.2) is 59.1 Å². The Hall–Kier alpha value is -2.86. The van der Waals surface area contributed by atoms with Gasteiger partial charge in [-0.3, -0.25) is 9.59 Å². The zero-order chi connectivity index (χ0) is 19.4. The lowest BCUT2D eigenvalue weighted by molar-refractivity contribution is -0.134. The van der Waals surface area contributed by atoms with E-state index < -0.39 is 5.97 Å². The summed E-state index contributed by atoms with van der Waals surface area (Å²) >= 11 is 3.43. The minimum atomic E-state index is -0.405. The van der Waals surface area contributed by atoms with E-state index in [9.17, 15) is 9.59 Å². The summed E-state index contributed by atoms with van der Waals surface area (Å²) in [5.74, 6) is -0.0244. The van der Waals surface area contributed by atoms with Gasteiger partial charge in [-0.15, -0.1) is 0 Å². The van der Waals surface area contributed by atoms with Crippen LogP contribution >= 0.6 is 15.9 Å². The molecule has 27 heavy (non-hydrogen) atoms. The Morgan fingerprint density at radius 2 is 1.78 bits per heavy atom. The minimum Gasteiger partial charge on any atom is -0.495 e. The van der Waals surface area contributed by atoms with Gasteiger partial charge in [0.2, 0.25) is 0 Å². The van der Waals surface area contributed by atoms with E-state index in [2.05, 4.69) is 21.2 Å². The maximum Gasteiger partial charge on any atom is 0.310 e. The Balaban J connectivity index is 2.05. The molecule has 3 aromatic carbocycles. The van der Waals surface area contributed by atoms with Gasteiger partial charge in [0.15, 0.2) is 0 Å². The van der Waals surface area contributed by atoms with Gasteiger partial charge < -0.3 is 14.8 Å². The zero-order valence-corrected chi connectivity index (χ0v) is 16.5. The van der Waals surface area contributed by atoms with Crippen LogP contribution in [0.2, 0.25) is 0 Å². The van der Waals surface area contributed by atoms with Crippen molar-refractivity contribution in [2.45, 2.75) is 13.3 Å². The molecule has 0 radical (unpaired) electrons. The van der Waals surface area contributed by atoms with E-state index in [0.29, 0.717) is 11.4 Å². The number of fused-ring (bicyclic) bond motifs is 1. The van der Waals surface area contributed by atoms with E-state index in [0.717, 1.165) is 15.2 Å².